The minimum Gasteiger partial charge on any atom is -0.496 e. The van der Waals surface area contributed by atoms with E-state index in [0.29, 0.717) is 22.4 Å². The third kappa shape index (κ3) is 2.08. The molecule has 5 heteroatoms. The van der Waals surface area contributed by atoms with Crippen molar-refractivity contribution in [2.24, 2.45) is 0 Å². The van der Waals surface area contributed by atoms with Gasteiger partial charge in [-0.25, -0.2) is 0 Å². The molecule has 0 unspecified atom stereocenters. The molecule has 17 heavy (non-hydrogen) atoms. The van der Waals surface area contributed by atoms with Crippen LogP contribution in [0.5, 0.6) is 5.75 Å². The smallest absolute Gasteiger partial charge is 0.225 e. The first kappa shape index (κ1) is 11.8. The number of nitrogens with two attached hydrogens (primary N) is 1. The van der Waals surface area contributed by atoms with Gasteiger partial charge < -0.3 is 15.0 Å². The quantitative estimate of drug-likeness (QED) is 0.912. The van der Waals surface area contributed by atoms with Gasteiger partial charge >= 0.3 is 0 Å². The van der Waals surface area contributed by atoms with Gasteiger partial charge in [0.1, 0.15) is 11.4 Å². The molecule has 0 aliphatic rings. The third-order valence-electron chi connectivity index (χ3n) is 2.59. The molecule has 90 valence electrons. The number of halogens is 1. The molecule has 0 saturated carbocycles. The van der Waals surface area contributed by atoms with Gasteiger partial charge in [0.15, 0.2) is 0 Å². The van der Waals surface area contributed by atoms with Crippen LogP contribution in [0, 0.1) is 0 Å². The predicted molar refractivity (Wildman–Crippen MR) is 67.3 cm³/mol. The lowest BCUT2D eigenvalue weighted by molar-refractivity contribution is 0.414. The van der Waals surface area contributed by atoms with Gasteiger partial charge in [0.25, 0.3) is 0 Å². The second-order valence-corrected chi connectivity index (χ2v) is 4.01. The van der Waals surface area contributed by atoms with Gasteiger partial charge in [0.2, 0.25) is 5.88 Å². The number of rotatable bonds is 3. The van der Waals surface area contributed by atoms with Gasteiger partial charge in [-0.3, -0.25) is 0 Å². The number of hydrogen-bond acceptors (Lipinski definition) is 4. The van der Waals surface area contributed by atoms with Crippen LogP contribution in [0.25, 0.3) is 11.3 Å². The van der Waals surface area contributed by atoms with Crippen LogP contribution >= 0.6 is 11.6 Å². The molecule has 0 radical (unpaired) electrons. The Morgan fingerprint density at radius 1 is 1.47 bits per heavy atom. The molecule has 0 spiro atoms. The molecule has 0 atom stereocenters. The Morgan fingerprint density at radius 2 is 2.24 bits per heavy atom. The topological polar surface area (TPSA) is 61.3 Å². The molecule has 2 rings (SSSR count). The Labute approximate surface area is 104 Å². The lowest BCUT2D eigenvalue weighted by atomic mass is 10.0. The minimum absolute atomic E-state index is 0.347. The first-order valence-electron chi connectivity index (χ1n) is 5.25. The van der Waals surface area contributed by atoms with Crippen LogP contribution in [0.1, 0.15) is 12.5 Å². The van der Waals surface area contributed by atoms with Crippen LogP contribution < -0.4 is 10.5 Å². The van der Waals surface area contributed by atoms with Crippen LogP contribution in [-0.4, -0.2) is 12.3 Å². The SMILES string of the molecule is CCc1c(-c2ccc(Cl)cc2OC)noc1N. The molecule has 4 nitrogen and oxygen atoms in total. The largest absolute Gasteiger partial charge is 0.496 e. The molecule has 1 aromatic carbocycles. The Balaban J connectivity index is 2.59. The number of hydrogen-bond donors (Lipinski definition) is 1. The van der Waals surface area contributed by atoms with Gasteiger partial charge in [0, 0.05) is 16.1 Å². The lowest BCUT2D eigenvalue weighted by Crippen LogP contribution is -1.93. The van der Waals surface area contributed by atoms with Crippen molar-refractivity contribution < 1.29 is 9.26 Å². The predicted octanol–water partition coefficient (Wildman–Crippen LogP) is 3.15. The molecule has 0 bridgehead atoms. The van der Waals surface area contributed by atoms with Crippen LogP contribution in [0.2, 0.25) is 5.02 Å². The van der Waals surface area contributed by atoms with Crippen molar-refractivity contribution in [3.8, 4) is 17.0 Å². The van der Waals surface area contributed by atoms with E-state index in [0.717, 1.165) is 17.5 Å². The summed E-state index contributed by atoms with van der Waals surface area (Å²) in [5.74, 6) is 1.00. The van der Waals surface area contributed by atoms with Crippen molar-refractivity contribution in [1.29, 1.82) is 0 Å². The van der Waals surface area contributed by atoms with Crippen LogP contribution in [0.3, 0.4) is 0 Å². The van der Waals surface area contributed by atoms with Crippen molar-refractivity contribution in [2.75, 3.05) is 12.8 Å². The average Bonchev–Trinajstić information content (AvgIpc) is 2.70. The Kier molecular flexibility index (Phi) is 3.24. The van der Waals surface area contributed by atoms with Crippen LogP contribution in [0.4, 0.5) is 5.88 Å². The maximum atomic E-state index is 5.91. The Hall–Kier alpha value is -1.68. The molecule has 0 amide bonds. The monoisotopic (exact) mass is 252 g/mol. The zero-order chi connectivity index (χ0) is 12.4. The van der Waals surface area contributed by atoms with Gasteiger partial charge in [-0.1, -0.05) is 23.7 Å². The van der Waals surface area contributed by atoms with E-state index in [4.69, 9.17) is 26.6 Å². The highest BCUT2D eigenvalue weighted by molar-refractivity contribution is 6.30. The van der Waals surface area contributed by atoms with Gasteiger partial charge in [0.05, 0.1) is 7.11 Å². The number of nitrogen functional groups attached to an aromatic ring is 1. The third-order valence-corrected chi connectivity index (χ3v) is 2.83. The number of aromatic nitrogens is 1. The number of benzene rings is 1. The highest BCUT2D eigenvalue weighted by atomic mass is 35.5. The number of anilines is 1. The van der Waals surface area contributed by atoms with Gasteiger partial charge in [-0.15, -0.1) is 0 Å². The first-order chi connectivity index (χ1) is 8.17. The Morgan fingerprint density at radius 3 is 2.88 bits per heavy atom. The summed E-state index contributed by atoms with van der Waals surface area (Å²) in [5, 5.41) is 4.58. The molecular weight excluding hydrogens is 240 g/mol. The van der Waals surface area contributed by atoms with E-state index >= 15 is 0 Å². The maximum Gasteiger partial charge on any atom is 0.225 e. The molecule has 2 aromatic rings. The van der Waals surface area contributed by atoms with E-state index in [1.54, 1.807) is 19.2 Å². The van der Waals surface area contributed by atoms with Crippen LogP contribution in [-0.2, 0) is 6.42 Å². The fraction of sp³-hybridized carbons (Fsp3) is 0.250. The van der Waals surface area contributed by atoms with E-state index < -0.39 is 0 Å². The highest BCUT2D eigenvalue weighted by Gasteiger charge is 2.17. The first-order valence-corrected chi connectivity index (χ1v) is 5.63. The highest BCUT2D eigenvalue weighted by Crippen LogP contribution is 2.35. The molecule has 2 N–H and O–H groups in total. The summed E-state index contributed by atoms with van der Waals surface area (Å²) in [6, 6.07) is 5.36. The zero-order valence-corrected chi connectivity index (χ0v) is 10.4. The van der Waals surface area contributed by atoms with Crippen molar-refractivity contribution in [1.82, 2.24) is 5.16 Å². The second kappa shape index (κ2) is 4.67. The number of nitrogens with zero attached hydrogens (tertiary/aromatic N) is 1. The Bertz CT molecular complexity index is 537. The standard InChI is InChI=1S/C12H13ClN2O2/c1-3-8-11(15-17-12(8)14)9-5-4-7(13)6-10(9)16-2/h4-6H,3,14H2,1-2H3. The van der Waals surface area contributed by atoms with Crippen molar-refractivity contribution in [3.05, 3.63) is 28.8 Å². The van der Waals surface area contributed by atoms with Crippen molar-refractivity contribution in [2.45, 2.75) is 13.3 Å². The fourth-order valence-electron chi connectivity index (χ4n) is 1.74. The van der Waals surface area contributed by atoms with E-state index in [1.807, 2.05) is 13.0 Å². The summed E-state index contributed by atoms with van der Waals surface area (Å²) in [4.78, 5) is 0. The number of methoxy groups -OCH3 is 1. The van der Waals surface area contributed by atoms with E-state index in [1.165, 1.54) is 0 Å². The van der Waals surface area contributed by atoms with E-state index in [2.05, 4.69) is 5.16 Å². The lowest BCUT2D eigenvalue weighted by Gasteiger charge is -2.07. The van der Waals surface area contributed by atoms with Crippen molar-refractivity contribution in [3.63, 3.8) is 0 Å². The van der Waals surface area contributed by atoms with Gasteiger partial charge in [-0.2, -0.15) is 0 Å². The molecule has 1 aromatic heterocycles. The molecule has 0 aliphatic heterocycles. The molecule has 0 saturated heterocycles. The molecule has 0 aliphatic carbocycles. The van der Waals surface area contributed by atoms with E-state index in [9.17, 15) is 0 Å². The summed E-state index contributed by atoms with van der Waals surface area (Å²) in [7, 11) is 1.59. The zero-order valence-electron chi connectivity index (χ0n) is 9.66. The molecule has 1 heterocycles. The summed E-state index contributed by atoms with van der Waals surface area (Å²) in [6.07, 6.45) is 0.746. The van der Waals surface area contributed by atoms with E-state index in [-0.39, 0.29) is 0 Å². The second-order valence-electron chi connectivity index (χ2n) is 3.57. The maximum absolute atomic E-state index is 5.91. The minimum atomic E-state index is 0.347. The summed E-state index contributed by atoms with van der Waals surface area (Å²) in [6.45, 7) is 1.99. The fourth-order valence-corrected chi connectivity index (χ4v) is 1.90. The summed E-state index contributed by atoms with van der Waals surface area (Å²) in [5.41, 5.74) is 8.13. The summed E-state index contributed by atoms with van der Waals surface area (Å²) >= 11 is 5.91. The normalized spacial score (nSPS) is 10.5. The molecule has 0 fully saturated rings. The summed E-state index contributed by atoms with van der Waals surface area (Å²) < 4.78 is 10.3. The van der Waals surface area contributed by atoms with Gasteiger partial charge in [-0.05, 0) is 24.6 Å². The number of ether oxygens (including phenoxy) is 1. The average molecular weight is 253 g/mol. The molecular formula is C12H13ClN2O2. The van der Waals surface area contributed by atoms with Crippen LogP contribution in [0.15, 0.2) is 22.7 Å². The van der Waals surface area contributed by atoms with Crippen molar-refractivity contribution >= 4 is 17.5 Å².